The Morgan fingerprint density at radius 2 is 1.70 bits per heavy atom. The number of carbonyl (C=O) groups excluding carboxylic acids is 3. The van der Waals surface area contributed by atoms with E-state index in [0.717, 1.165) is 25.3 Å². The lowest BCUT2D eigenvalue weighted by atomic mass is 9.89. The van der Waals surface area contributed by atoms with Crippen molar-refractivity contribution in [1.82, 2.24) is 0 Å². The normalized spacial score (nSPS) is 24.4. The standard InChI is InChI=1S/C17H20F4O6/c1-2-13(22)25-5-6-26-15(24)16(18,19)9-17(20,21)27-14(23)12-8-10-3-4-11(12)7-10/h2,10-12H,1,3-9H2. The van der Waals surface area contributed by atoms with Crippen LogP contribution >= 0.6 is 0 Å². The number of halogens is 4. The molecule has 0 radical (unpaired) electrons. The maximum atomic E-state index is 13.8. The van der Waals surface area contributed by atoms with E-state index in [1.54, 1.807) is 0 Å². The van der Waals surface area contributed by atoms with Gasteiger partial charge >= 0.3 is 29.9 Å². The lowest BCUT2D eigenvalue weighted by molar-refractivity contribution is -0.263. The highest BCUT2D eigenvalue weighted by atomic mass is 19.3. The summed E-state index contributed by atoms with van der Waals surface area (Å²) in [5.74, 6) is -9.37. The van der Waals surface area contributed by atoms with Gasteiger partial charge in [-0.15, -0.1) is 0 Å². The van der Waals surface area contributed by atoms with Crippen LogP contribution in [-0.2, 0) is 28.6 Å². The monoisotopic (exact) mass is 396 g/mol. The summed E-state index contributed by atoms with van der Waals surface area (Å²) in [6, 6.07) is 0. The van der Waals surface area contributed by atoms with Crippen LogP contribution in [-0.4, -0.2) is 43.2 Å². The van der Waals surface area contributed by atoms with Crippen LogP contribution in [0.4, 0.5) is 17.6 Å². The van der Waals surface area contributed by atoms with Gasteiger partial charge < -0.3 is 14.2 Å². The average molecular weight is 396 g/mol. The van der Waals surface area contributed by atoms with Crippen LogP contribution in [0, 0.1) is 17.8 Å². The van der Waals surface area contributed by atoms with Crippen molar-refractivity contribution in [3.05, 3.63) is 12.7 Å². The smallest absolute Gasteiger partial charge is 0.406 e. The summed E-state index contributed by atoms with van der Waals surface area (Å²) >= 11 is 0. The number of alkyl halides is 4. The zero-order chi connectivity index (χ0) is 20.2. The number of rotatable bonds is 9. The fourth-order valence-corrected chi connectivity index (χ4v) is 3.56. The molecule has 0 amide bonds. The first-order valence-electron chi connectivity index (χ1n) is 8.49. The minimum Gasteiger partial charge on any atom is -0.459 e. The molecule has 0 heterocycles. The third-order valence-electron chi connectivity index (χ3n) is 4.74. The van der Waals surface area contributed by atoms with Crippen molar-refractivity contribution in [3.8, 4) is 0 Å². The molecular weight excluding hydrogens is 376 g/mol. The SMILES string of the molecule is C=CC(=O)OCCOC(=O)C(F)(F)CC(F)(F)OC(=O)C1CC2CCC1C2. The van der Waals surface area contributed by atoms with E-state index in [0.29, 0.717) is 6.42 Å². The van der Waals surface area contributed by atoms with Crippen LogP contribution in [0.3, 0.4) is 0 Å². The van der Waals surface area contributed by atoms with Crippen molar-refractivity contribution in [2.75, 3.05) is 13.2 Å². The number of esters is 3. The fraction of sp³-hybridized carbons (Fsp3) is 0.706. The van der Waals surface area contributed by atoms with Crippen LogP contribution in [0.2, 0.25) is 0 Å². The average Bonchev–Trinajstić information content (AvgIpc) is 3.19. The van der Waals surface area contributed by atoms with Gasteiger partial charge in [-0.1, -0.05) is 13.0 Å². The van der Waals surface area contributed by atoms with E-state index in [1.165, 1.54) is 0 Å². The topological polar surface area (TPSA) is 78.9 Å². The van der Waals surface area contributed by atoms with Gasteiger partial charge in [-0.2, -0.15) is 17.6 Å². The van der Waals surface area contributed by atoms with Crippen LogP contribution in [0.15, 0.2) is 12.7 Å². The van der Waals surface area contributed by atoms with E-state index in [1.807, 2.05) is 0 Å². The molecule has 3 unspecified atom stereocenters. The molecule has 27 heavy (non-hydrogen) atoms. The summed E-state index contributed by atoms with van der Waals surface area (Å²) in [5, 5.41) is 0. The number of carbonyl (C=O) groups is 3. The van der Waals surface area contributed by atoms with Gasteiger partial charge in [0.15, 0.2) is 0 Å². The second-order valence-electron chi connectivity index (χ2n) is 6.73. The summed E-state index contributed by atoms with van der Waals surface area (Å²) in [7, 11) is 0. The molecule has 2 aliphatic carbocycles. The number of fused-ring (bicyclic) bond motifs is 2. The van der Waals surface area contributed by atoms with Gasteiger partial charge in [0.25, 0.3) is 0 Å². The molecular formula is C17H20F4O6. The first kappa shape index (κ1) is 21.2. The Hall–Kier alpha value is -2.13. The first-order valence-corrected chi connectivity index (χ1v) is 8.49. The van der Waals surface area contributed by atoms with Crippen LogP contribution in [0.25, 0.3) is 0 Å². The van der Waals surface area contributed by atoms with Crippen molar-refractivity contribution in [2.24, 2.45) is 17.8 Å². The predicted molar refractivity (Wildman–Crippen MR) is 81.7 cm³/mol. The molecule has 2 aliphatic rings. The van der Waals surface area contributed by atoms with E-state index in [-0.39, 0.29) is 11.8 Å². The minimum absolute atomic E-state index is 0.0537. The lowest BCUT2D eigenvalue weighted by Gasteiger charge is -2.25. The molecule has 152 valence electrons. The fourth-order valence-electron chi connectivity index (χ4n) is 3.56. The predicted octanol–water partition coefficient (Wildman–Crippen LogP) is 2.86. The third kappa shape index (κ3) is 5.67. The van der Waals surface area contributed by atoms with E-state index in [2.05, 4.69) is 20.8 Å². The maximum absolute atomic E-state index is 13.8. The van der Waals surface area contributed by atoms with E-state index < -0.39 is 55.5 Å². The summed E-state index contributed by atoms with van der Waals surface area (Å²) < 4.78 is 67.4. The number of hydrogen-bond acceptors (Lipinski definition) is 6. The summed E-state index contributed by atoms with van der Waals surface area (Å²) in [5.41, 5.74) is 0. The molecule has 2 bridgehead atoms. The van der Waals surface area contributed by atoms with Crippen LogP contribution < -0.4 is 0 Å². The zero-order valence-corrected chi connectivity index (χ0v) is 14.4. The highest BCUT2D eigenvalue weighted by Crippen LogP contribution is 2.49. The van der Waals surface area contributed by atoms with E-state index in [4.69, 9.17) is 0 Å². The van der Waals surface area contributed by atoms with Gasteiger partial charge in [0, 0.05) is 6.08 Å². The maximum Gasteiger partial charge on any atom is 0.406 e. The second-order valence-corrected chi connectivity index (χ2v) is 6.73. The number of hydrogen-bond donors (Lipinski definition) is 0. The Kier molecular flexibility index (Phi) is 6.48. The van der Waals surface area contributed by atoms with E-state index >= 15 is 0 Å². The Balaban J connectivity index is 1.81. The summed E-state index contributed by atoms with van der Waals surface area (Å²) in [4.78, 5) is 33.9. The quantitative estimate of drug-likeness (QED) is 0.196. The molecule has 0 spiro atoms. The lowest BCUT2D eigenvalue weighted by Crippen LogP contribution is -2.41. The highest BCUT2D eigenvalue weighted by Gasteiger charge is 2.54. The van der Waals surface area contributed by atoms with Crippen molar-refractivity contribution in [3.63, 3.8) is 0 Å². The van der Waals surface area contributed by atoms with Gasteiger partial charge in [0.05, 0.1) is 5.92 Å². The molecule has 0 aliphatic heterocycles. The Morgan fingerprint density at radius 1 is 1.04 bits per heavy atom. The number of ether oxygens (including phenoxy) is 3. The molecule has 0 saturated heterocycles. The molecule has 10 heteroatoms. The molecule has 2 saturated carbocycles. The van der Waals surface area contributed by atoms with Gasteiger partial charge in [-0.3, -0.25) is 4.79 Å². The zero-order valence-electron chi connectivity index (χ0n) is 14.4. The molecule has 0 aromatic heterocycles. The summed E-state index contributed by atoms with van der Waals surface area (Å²) in [6.07, 6.45) is -3.20. The molecule has 6 nitrogen and oxygen atoms in total. The van der Waals surface area contributed by atoms with Crippen molar-refractivity contribution in [1.29, 1.82) is 0 Å². The molecule has 0 aromatic rings. The second kappa shape index (κ2) is 8.26. The largest absolute Gasteiger partial charge is 0.459 e. The van der Waals surface area contributed by atoms with Gasteiger partial charge in [-0.25, -0.2) is 9.59 Å². The van der Waals surface area contributed by atoms with Crippen molar-refractivity contribution >= 4 is 17.9 Å². The first-order chi connectivity index (χ1) is 12.5. The Morgan fingerprint density at radius 3 is 2.26 bits per heavy atom. The van der Waals surface area contributed by atoms with Gasteiger partial charge in [-0.05, 0) is 31.1 Å². The van der Waals surface area contributed by atoms with E-state index in [9.17, 15) is 31.9 Å². The third-order valence-corrected chi connectivity index (χ3v) is 4.74. The Bertz CT molecular complexity index is 606. The molecule has 2 fully saturated rings. The molecule has 0 aromatic carbocycles. The van der Waals surface area contributed by atoms with Crippen LogP contribution in [0.5, 0.6) is 0 Å². The Labute approximate surface area is 152 Å². The van der Waals surface area contributed by atoms with Crippen molar-refractivity contribution in [2.45, 2.75) is 44.1 Å². The van der Waals surface area contributed by atoms with Crippen molar-refractivity contribution < 1.29 is 46.2 Å². The summed E-state index contributed by atoms with van der Waals surface area (Å²) in [6.45, 7) is 1.81. The van der Waals surface area contributed by atoms with Crippen LogP contribution in [0.1, 0.15) is 32.1 Å². The van der Waals surface area contributed by atoms with Gasteiger partial charge in [0.1, 0.15) is 19.6 Å². The van der Waals surface area contributed by atoms with Gasteiger partial charge in [0.2, 0.25) is 0 Å². The molecule has 3 atom stereocenters. The molecule has 0 N–H and O–H groups in total. The highest BCUT2D eigenvalue weighted by molar-refractivity contribution is 5.81. The minimum atomic E-state index is -4.58. The molecule has 2 rings (SSSR count).